The first kappa shape index (κ1) is 27.4. The van der Waals surface area contributed by atoms with Crippen LogP contribution in [0.2, 0.25) is 0 Å². The van der Waals surface area contributed by atoms with E-state index < -0.39 is 0 Å². The van der Waals surface area contributed by atoms with Crippen LogP contribution in [0.25, 0.3) is 52.8 Å². The minimum atomic E-state index is -0.00520. The lowest BCUT2D eigenvalue weighted by Crippen LogP contribution is -2.43. The second-order valence-electron chi connectivity index (χ2n) is 13.8. The molecule has 1 nitrogen and oxygen atoms in total. The number of thiophene rings is 1. The average Bonchev–Trinajstić information content (AvgIpc) is 3.46. The summed E-state index contributed by atoms with van der Waals surface area (Å²) in [6.45, 7) is 9.63. The Bertz CT molecular complexity index is 2480. The van der Waals surface area contributed by atoms with E-state index in [1.165, 1.54) is 64.0 Å². The van der Waals surface area contributed by atoms with Crippen LogP contribution in [-0.4, -0.2) is 0 Å². The first-order valence-corrected chi connectivity index (χ1v) is 17.0. The molecule has 1 aliphatic rings. The number of fused-ring (bicyclic) bond motifs is 9. The topological polar surface area (TPSA) is 3.24 Å². The van der Waals surface area contributed by atoms with Crippen LogP contribution >= 0.6 is 11.3 Å². The van der Waals surface area contributed by atoms with E-state index in [9.17, 15) is 0 Å². The molecule has 0 saturated heterocycles. The van der Waals surface area contributed by atoms with E-state index >= 15 is 0 Å². The maximum atomic E-state index is 2.47. The zero-order valence-corrected chi connectivity index (χ0v) is 27.5. The first-order valence-electron chi connectivity index (χ1n) is 16.2. The van der Waals surface area contributed by atoms with Crippen molar-refractivity contribution in [2.24, 2.45) is 0 Å². The summed E-state index contributed by atoms with van der Waals surface area (Å²) in [6.07, 6.45) is 0. The molecule has 9 rings (SSSR count). The highest BCUT2D eigenvalue weighted by Gasteiger charge is 2.45. The highest BCUT2D eigenvalue weighted by molar-refractivity contribution is 7.25. The zero-order valence-electron chi connectivity index (χ0n) is 26.6. The van der Waals surface area contributed by atoms with E-state index in [-0.39, 0.29) is 10.8 Å². The quantitative estimate of drug-likeness (QED) is 0.180. The molecule has 46 heavy (non-hydrogen) atoms. The van der Waals surface area contributed by atoms with E-state index in [1.807, 2.05) is 11.3 Å². The number of nitrogens with zero attached hydrogens (tertiary/aromatic N) is 1. The van der Waals surface area contributed by atoms with Gasteiger partial charge < -0.3 is 4.90 Å². The van der Waals surface area contributed by atoms with Gasteiger partial charge in [0, 0.05) is 37.2 Å². The normalized spacial score (nSPS) is 14.9. The van der Waals surface area contributed by atoms with Gasteiger partial charge in [0.1, 0.15) is 0 Å². The number of hydrogen-bond donors (Lipinski definition) is 0. The van der Waals surface area contributed by atoms with E-state index in [2.05, 4.69) is 172 Å². The molecule has 1 aliphatic carbocycles. The molecule has 222 valence electrons. The molecular formula is C44H35NS. The van der Waals surface area contributed by atoms with Crippen molar-refractivity contribution in [3.63, 3.8) is 0 Å². The molecule has 0 spiro atoms. The van der Waals surface area contributed by atoms with Crippen LogP contribution in [0.3, 0.4) is 0 Å². The summed E-state index contributed by atoms with van der Waals surface area (Å²) in [5.41, 5.74) is 9.09. The molecule has 7 aromatic carbocycles. The lowest BCUT2D eigenvalue weighted by Gasteiger charge is -2.48. The molecule has 0 N–H and O–H groups in total. The lowest BCUT2D eigenvalue weighted by molar-refractivity contribution is 0.299. The number of anilines is 3. The van der Waals surface area contributed by atoms with Crippen molar-refractivity contribution in [2.75, 3.05) is 4.90 Å². The summed E-state index contributed by atoms with van der Waals surface area (Å²) < 4.78 is 2.65. The van der Waals surface area contributed by atoms with Crippen LogP contribution in [0, 0.1) is 0 Å². The van der Waals surface area contributed by atoms with Gasteiger partial charge in [0.05, 0.1) is 0 Å². The van der Waals surface area contributed by atoms with Crippen molar-refractivity contribution in [3.05, 3.63) is 151 Å². The molecule has 8 aromatic rings. The summed E-state index contributed by atoms with van der Waals surface area (Å²) in [4.78, 5) is 2.39. The van der Waals surface area contributed by atoms with Crippen molar-refractivity contribution in [2.45, 2.75) is 38.5 Å². The average molecular weight is 610 g/mol. The Kier molecular flexibility index (Phi) is 5.83. The van der Waals surface area contributed by atoms with Crippen LogP contribution in [0.4, 0.5) is 17.1 Å². The van der Waals surface area contributed by atoms with Crippen molar-refractivity contribution in [1.29, 1.82) is 0 Å². The zero-order chi connectivity index (χ0) is 31.2. The number of para-hydroxylation sites is 1. The summed E-state index contributed by atoms with van der Waals surface area (Å²) in [5, 5.41) is 7.77. The highest BCUT2D eigenvalue weighted by Crippen LogP contribution is 2.54. The molecule has 1 aromatic heterocycles. The first-order chi connectivity index (χ1) is 22.3. The summed E-state index contributed by atoms with van der Waals surface area (Å²) in [7, 11) is 0. The van der Waals surface area contributed by atoms with Crippen LogP contribution in [0.1, 0.15) is 38.8 Å². The molecule has 2 heteroatoms. The molecule has 0 aliphatic heterocycles. The maximum absolute atomic E-state index is 2.47. The van der Waals surface area contributed by atoms with Crippen LogP contribution in [0.5, 0.6) is 0 Å². The predicted octanol–water partition coefficient (Wildman–Crippen LogP) is 13.1. The van der Waals surface area contributed by atoms with E-state index in [4.69, 9.17) is 0 Å². The fourth-order valence-electron chi connectivity index (χ4n) is 7.79. The van der Waals surface area contributed by atoms with Gasteiger partial charge in [0.15, 0.2) is 0 Å². The Balaban J connectivity index is 1.24. The third-order valence-corrected chi connectivity index (χ3v) is 12.1. The molecule has 0 unspecified atom stereocenters. The lowest BCUT2D eigenvalue weighted by atomic mass is 9.55. The third-order valence-electron chi connectivity index (χ3n) is 11.0. The SMILES string of the molecule is CC1(C)c2ccccc2-c2cc3c(ccc4cc(N(c5ccccc5)c5ccc6sc7ccccc7c6c5)ccc43)cc2C1(C)C. The Morgan fingerprint density at radius 2 is 1.07 bits per heavy atom. The van der Waals surface area contributed by atoms with Crippen molar-refractivity contribution < 1.29 is 0 Å². The Hall–Kier alpha value is -4.92. The molecule has 0 fully saturated rings. The van der Waals surface area contributed by atoms with Crippen LogP contribution < -0.4 is 4.90 Å². The van der Waals surface area contributed by atoms with Gasteiger partial charge in [-0.25, -0.2) is 0 Å². The van der Waals surface area contributed by atoms with E-state index in [0.717, 1.165) is 17.1 Å². The monoisotopic (exact) mass is 609 g/mol. The van der Waals surface area contributed by atoms with Crippen molar-refractivity contribution in [1.82, 2.24) is 0 Å². The maximum Gasteiger partial charge on any atom is 0.0468 e. The Morgan fingerprint density at radius 3 is 1.91 bits per heavy atom. The highest BCUT2D eigenvalue weighted by atomic mass is 32.1. The number of hydrogen-bond acceptors (Lipinski definition) is 2. The molecule has 1 heterocycles. The minimum Gasteiger partial charge on any atom is -0.310 e. The Morgan fingerprint density at radius 1 is 0.413 bits per heavy atom. The molecule has 0 bridgehead atoms. The summed E-state index contributed by atoms with van der Waals surface area (Å²) >= 11 is 1.86. The fourth-order valence-corrected chi connectivity index (χ4v) is 8.88. The van der Waals surface area contributed by atoms with Crippen LogP contribution in [0.15, 0.2) is 140 Å². The molecular weight excluding hydrogens is 575 g/mol. The fraction of sp³-hybridized carbons (Fsp3) is 0.136. The molecule has 0 saturated carbocycles. The van der Waals surface area contributed by atoms with Gasteiger partial charge in [0.25, 0.3) is 0 Å². The molecule has 0 amide bonds. The second-order valence-corrected chi connectivity index (χ2v) is 14.9. The summed E-state index contributed by atoms with van der Waals surface area (Å²) in [5.74, 6) is 0. The molecule has 0 radical (unpaired) electrons. The van der Waals surface area contributed by atoms with E-state index in [0.29, 0.717) is 0 Å². The predicted molar refractivity (Wildman–Crippen MR) is 201 cm³/mol. The van der Waals surface area contributed by atoms with Gasteiger partial charge in [-0.3, -0.25) is 0 Å². The standard InChI is InChI=1S/C44H35NS/c1-43(2)39-16-10-8-14-34(39)37-27-36-29(25-40(37)44(43,3)4)19-18-28-24-31(20-22-33(28)36)45(30-12-6-5-7-13-30)32-21-23-42-38(26-32)35-15-9-11-17-41(35)46-42/h5-27H,1-4H3. The van der Waals surface area contributed by atoms with Gasteiger partial charge in [-0.1, -0.05) is 107 Å². The minimum absolute atomic E-state index is 0.00520. The van der Waals surface area contributed by atoms with Gasteiger partial charge in [-0.15, -0.1) is 11.3 Å². The van der Waals surface area contributed by atoms with Gasteiger partial charge >= 0.3 is 0 Å². The molecule has 0 atom stereocenters. The largest absolute Gasteiger partial charge is 0.310 e. The Labute approximate surface area is 274 Å². The third kappa shape index (κ3) is 3.87. The van der Waals surface area contributed by atoms with Crippen molar-refractivity contribution >= 4 is 70.1 Å². The number of rotatable bonds is 3. The van der Waals surface area contributed by atoms with Crippen LogP contribution in [-0.2, 0) is 10.8 Å². The van der Waals surface area contributed by atoms with Gasteiger partial charge in [0.2, 0.25) is 0 Å². The van der Waals surface area contributed by atoms with E-state index in [1.54, 1.807) is 0 Å². The number of benzene rings is 7. The summed E-state index contributed by atoms with van der Waals surface area (Å²) in [6, 6.07) is 51.9. The van der Waals surface area contributed by atoms with Gasteiger partial charge in [-0.2, -0.15) is 0 Å². The smallest absolute Gasteiger partial charge is 0.0468 e. The second kappa shape index (κ2) is 9.79. The van der Waals surface area contributed by atoms with Crippen molar-refractivity contribution in [3.8, 4) is 11.1 Å². The van der Waals surface area contributed by atoms with Gasteiger partial charge in [-0.05, 0) is 115 Å².